The molecule has 3 N–H and O–H groups in total. The van der Waals surface area contributed by atoms with Crippen molar-refractivity contribution in [2.75, 3.05) is 13.2 Å². The van der Waals surface area contributed by atoms with Gasteiger partial charge in [0.1, 0.15) is 17.3 Å². The number of fused-ring (bicyclic) bond motifs is 3. The largest absolute Gasteiger partial charge is 0.484 e. The number of hydrogen-bond acceptors (Lipinski definition) is 5. The normalized spacial score (nSPS) is 25.1. The molecule has 3 aliphatic rings. The molecule has 35 heavy (non-hydrogen) atoms. The van der Waals surface area contributed by atoms with E-state index < -0.39 is 53.1 Å². The van der Waals surface area contributed by atoms with E-state index in [1.54, 1.807) is 0 Å². The van der Waals surface area contributed by atoms with Crippen molar-refractivity contribution < 1.29 is 37.3 Å². The number of aliphatic hydroxyl groups is 1. The molecule has 0 radical (unpaired) electrons. The van der Waals surface area contributed by atoms with Gasteiger partial charge in [-0.3, -0.25) is 9.59 Å². The molecule has 2 aromatic carbocycles. The van der Waals surface area contributed by atoms with Crippen LogP contribution in [0.4, 0.5) is 13.2 Å². The van der Waals surface area contributed by atoms with Crippen molar-refractivity contribution in [3.8, 4) is 11.5 Å². The summed E-state index contributed by atoms with van der Waals surface area (Å²) in [6.45, 7) is -0.758. The fourth-order valence-electron chi connectivity index (χ4n) is 4.74. The first-order valence-electron chi connectivity index (χ1n) is 11.1. The summed E-state index contributed by atoms with van der Waals surface area (Å²) in [4.78, 5) is 24.9. The van der Waals surface area contributed by atoms with Crippen LogP contribution in [0.2, 0.25) is 5.02 Å². The Morgan fingerprint density at radius 2 is 1.46 bits per heavy atom. The first kappa shape index (κ1) is 25.1. The van der Waals surface area contributed by atoms with Crippen molar-refractivity contribution in [3.05, 3.63) is 58.9 Å². The minimum atomic E-state index is -1.08. The lowest BCUT2D eigenvalue weighted by Gasteiger charge is -2.56. The molecule has 0 unspecified atom stereocenters. The predicted molar refractivity (Wildman–Crippen MR) is 120 cm³/mol. The third-order valence-electron chi connectivity index (χ3n) is 6.64. The van der Waals surface area contributed by atoms with Gasteiger partial charge in [-0.25, -0.2) is 13.2 Å². The van der Waals surface area contributed by atoms with Gasteiger partial charge in [-0.15, -0.1) is 0 Å². The second-order valence-corrected chi connectivity index (χ2v) is 9.39. The molecule has 0 aromatic heterocycles. The Hall–Kier alpha value is -2.98. The molecule has 1 atom stereocenters. The van der Waals surface area contributed by atoms with E-state index >= 15 is 0 Å². The third-order valence-corrected chi connectivity index (χ3v) is 6.94. The van der Waals surface area contributed by atoms with Crippen LogP contribution in [0.1, 0.15) is 32.1 Å². The van der Waals surface area contributed by atoms with Crippen LogP contribution >= 0.6 is 11.6 Å². The van der Waals surface area contributed by atoms with E-state index in [-0.39, 0.29) is 29.5 Å². The molecule has 5 rings (SSSR count). The maximum atomic E-state index is 13.5. The summed E-state index contributed by atoms with van der Waals surface area (Å²) in [6.07, 6.45) is 1.22. The SMILES string of the molecule is O=C(COc1ccc(Cl)c(F)c1)NC12CCC(NC(=O)COc3ccc(F)c(F)c3)(CC1)[C@@H](O)C2. The van der Waals surface area contributed by atoms with Gasteiger partial charge in [0.25, 0.3) is 11.8 Å². The van der Waals surface area contributed by atoms with Crippen LogP contribution in [-0.4, -0.2) is 47.3 Å². The summed E-state index contributed by atoms with van der Waals surface area (Å²) < 4.78 is 50.4. The fourth-order valence-corrected chi connectivity index (χ4v) is 4.86. The van der Waals surface area contributed by atoms with E-state index in [9.17, 15) is 27.9 Å². The van der Waals surface area contributed by atoms with Gasteiger partial charge in [-0.05, 0) is 56.4 Å². The fraction of sp³-hybridized carbons (Fsp3) is 0.417. The van der Waals surface area contributed by atoms with E-state index in [0.29, 0.717) is 25.7 Å². The Kier molecular flexibility index (Phi) is 7.14. The van der Waals surface area contributed by atoms with Crippen molar-refractivity contribution >= 4 is 23.4 Å². The molecule has 0 aliphatic heterocycles. The zero-order valence-corrected chi connectivity index (χ0v) is 19.3. The molecular weight excluding hydrogens is 489 g/mol. The zero-order valence-electron chi connectivity index (χ0n) is 18.6. The van der Waals surface area contributed by atoms with Crippen molar-refractivity contribution in [3.63, 3.8) is 0 Å². The topological polar surface area (TPSA) is 96.9 Å². The summed E-state index contributed by atoms with van der Waals surface area (Å²) >= 11 is 5.63. The van der Waals surface area contributed by atoms with Crippen molar-refractivity contribution in [1.82, 2.24) is 10.6 Å². The maximum Gasteiger partial charge on any atom is 0.258 e. The summed E-state index contributed by atoms with van der Waals surface area (Å²) in [5, 5.41) is 16.5. The maximum absolute atomic E-state index is 13.5. The van der Waals surface area contributed by atoms with Crippen LogP contribution < -0.4 is 20.1 Å². The summed E-state index contributed by atoms with van der Waals surface area (Å²) in [5.41, 5.74) is -1.50. The highest BCUT2D eigenvalue weighted by atomic mass is 35.5. The van der Waals surface area contributed by atoms with E-state index in [4.69, 9.17) is 21.1 Å². The average molecular weight is 513 g/mol. The molecule has 0 heterocycles. The van der Waals surface area contributed by atoms with Gasteiger partial charge in [0.15, 0.2) is 24.8 Å². The van der Waals surface area contributed by atoms with E-state index in [0.717, 1.165) is 18.2 Å². The number of nitrogens with one attached hydrogen (secondary N) is 2. The first-order valence-corrected chi connectivity index (χ1v) is 11.4. The quantitative estimate of drug-likeness (QED) is 0.504. The Morgan fingerprint density at radius 1 is 0.886 bits per heavy atom. The Bertz CT molecular complexity index is 1120. The van der Waals surface area contributed by atoms with Crippen LogP contribution in [0.3, 0.4) is 0 Å². The number of hydrogen-bond donors (Lipinski definition) is 3. The number of aliphatic hydroxyl groups excluding tert-OH is 1. The number of amides is 2. The molecule has 0 saturated heterocycles. The summed E-state index contributed by atoms with van der Waals surface area (Å²) in [6, 6.07) is 6.84. The minimum Gasteiger partial charge on any atom is -0.484 e. The minimum absolute atomic E-state index is 0.00896. The second-order valence-electron chi connectivity index (χ2n) is 8.98. The molecule has 11 heteroatoms. The van der Waals surface area contributed by atoms with E-state index in [1.165, 1.54) is 18.2 Å². The Labute approximate surface area is 204 Å². The van der Waals surface area contributed by atoms with Crippen molar-refractivity contribution in [2.24, 2.45) is 0 Å². The van der Waals surface area contributed by atoms with Crippen LogP contribution in [-0.2, 0) is 9.59 Å². The smallest absolute Gasteiger partial charge is 0.258 e. The monoisotopic (exact) mass is 512 g/mol. The lowest BCUT2D eigenvalue weighted by atomic mass is 9.60. The molecule has 2 bridgehead atoms. The highest BCUT2D eigenvalue weighted by Crippen LogP contribution is 2.47. The van der Waals surface area contributed by atoms with Crippen LogP contribution in [0.15, 0.2) is 36.4 Å². The zero-order chi connectivity index (χ0) is 25.2. The van der Waals surface area contributed by atoms with Crippen LogP contribution in [0.25, 0.3) is 0 Å². The van der Waals surface area contributed by atoms with Gasteiger partial charge in [0.05, 0.1) is 16.7 Å². The third kappa shape index (κ3) is 5.65. The highest BCUT2D eigenvalue weighted by Gasteiger charge is 2.55. The summed E-state index contributed by atoms with van der Waals surface area (Å²) in [5.74, 6) is -3.50. The molecule has 7 nitrogen and oxygen atoms in total. The summed E-state index contributed by atoms with van der Waals surface area (Å²) in [7, 11) is 0. The predicted octanol–water partition coefficient (Wildman–Crippen LogP) is 3.26. The first-order chi connectivity index (χ1) is 16.6. The molecule has 2 amide bonds. The highest BCUT2D eigenvalue weighted by molar-refractivity contribution is 6.30. The van der Waals surface area contributed by atoms with Crippen molar-refractivity contribution in [1.29, 1.82) is 0 Å². The number of carbonyl (C=O) groups is 2. The Balaban J connectivity index is 1.28. The lowest BCUT2D eigenvalue weighted by molar-refractivity contribution is -0.137. The van der Waals surface area contributed by atoms with Gasteiger partial charge in [0, 0.05) is 17.7 Å². The van der Waals surface area contributed by atoms with Gasteiger partial charge < -0.3 is 25.2 Å². The van der Waals surface area contributed by atoms with Crippen molar-refractivity contribution in [2.45, 2.75) is 49.3 Å². The molecule has 188 valence electrons. The average Bonchev–Trinajstić information content (AvgIpc) is 2.82. The van der Waals surface area contributed by atoms with Gasteiger partial charge >= 0.3 is 0 Å². The van der Waals surface area contributed by atoms with E-state index in [2.05, 4.69) is 10.6 Å². The molecule has 3 fully saturated rings. The van der Waals surface area contributed by atoms with Crippen LogP contribution in [0, 0.1) is 17.5 Å². The molecule has 2 aromatic rings. The number of halogens is 4. The van der Waals surface area contributed by atoms with E-state index in [1.807, 2.05) is 0 Å². The molecule has 3 aliphatic carbocycles. The molecule has 0 spiro atoms. The number of carbonyl (C=O) groups excluding carboxylic acids is 2. The standard InChI is InChI=1S/C24H24ClF3N2O5/c25-16-3-1-14(9-18(16)27)34-12-21(32)29-23-5-7-24(8-6-23,20(31)11-23)30-22(33)13-35-15-2-4-17(26)19(28)10-15/h1-4,9-10,20,31H,5-8,11-13H2,(H,29,32)(H,30,33)/t20-,23?,24?/m0/s1. The second kappa shape index (κ2) is 9.94. The van der Waals surface area contributed by atoms with Crippen LogP contribution in [0.5, 0.6) is 11.5 Å². The molecular formula is C24H24ClF3N2O5. The Morgan fingerprint density at radius 3 is 2.03 bits per heavy atom. The number of ether oxygens (including phenoxy) is 2. The van der Waals surface area contributed by atoms with Gasteiger partial charge in [-0.1, -0.05) is 11.6 Å². The van der Waals surface area contributed by atoms with Gasteiger partial charge in [0.2, 0.25) is 0 Å². The van der Waals surface area contributed by atoms with Gasteiger partial charge in [-0.2, -0.15) is 0 Å². The lowest BCUT2D eigenvalue weighted by Crippen LogP contribution is -2.70. The number of benzene rings is 2. The number of rotatable bonds is 8. The molecule has 3 saturated carbocycles.